The molecule has 0 spiro atoms. The van der Waals surface area contributed by atoms with Crippen molar-refractivity contribution in [2.75, 3.05) is 5.75 Å². The summed E-state index contributed by atoms with van der Waals surface area (Å²) in [5.74, 6) is 3.20. The van der Waals surface area contributed by atoms with Crippen molar-refractivity contribution in [1.29, 1.82) is 0 Å². The van der Waals surface area contributed by atoms with E-state index in [4.69, 9.17) is 4.42 Å². The number of furan rings is 1. The average molecular weight is 416 g/mol. The Balaban J connectivity index is 1.14. The third-order valence-corrected chi connectivity index (χ3v) is 7.60. The summed E-state index contributed by atoms with van der Waals surface area (Å²) < 4.78 is 7.11. The highest BCUT2D eigenvalue weighted by Crippen LogP contribution is 2.55. The minimum atomic E-state index is -0.369. The lowest BCUT2D eigenvalue weighted by Crippen LogP contribution is -2.61. The maximum atomic E-state index is 12.5. The van der Waals surface area contributed by atoms with E-state index >= 15 is 0 Å². The predicted molar refractivity (Wildman–Crippen MR) is 107 cm³/mol. The van der Waals surface area contributed by atoms with E-state index in [2.05, 4.69) is 20.8 Å². The molecule has 0 aromatic carbocycles. The molecule has 6 rings (SSSR count). The molecule has 4 bridgehead atoms. The van der Waals surface area contributed by atoms with Crippen LogP contribution in [0.2, 0.25) is 0 Å². The maximum Gasteiger partial charge on any atom is 0.321 e. The molecule has 2 aromatic heterocycles. The van der Waals surface area contributed by atoms with Crippen molar-refractivity contribution in [2.45, 2.75) is 49.2 Å². The molecule has 4 saturated carbocycles. The first-order valence-electron chi connectivity index (χ1n) is 10.2. The van der Waals surface area contributed by atoms with Gasteiger partial charge in [-0.2, -0.15) is 0 Å². The number of rotatable bonds is 5. The molecule has 0 aliphatic heterocycles. The Morgan fingerprint density at radius 1 is 1.21 bits per heavy atom. The highest BCUT2D eigenvalue weighted by atomic mass is 32.2. The zero-order chi connectivity index (χ0) is 20.0. The van der Waals surface area contributed by atoms with Crippen molar-refractivity contribution in [3.63, 3.8) is 0 Å². The first-order chi connectivity index (χ1) is 14.0. The van der Waals surface area contributed by atoms with E-state index in [1.165, 1.54) is 31.0 Å². The highest BCUT2D eigenvalue weighted by molar-refractivity contribution is 7.99. The molecular weight excluding hydrogens is 390 g/mol. The van der Waals surface area contributed by atoms with Crippen molar-refractivity contribution in [1.82, 2.24) is 25.4 Å². The van der Waals surface area contributed by atoms with Crippen LogP contribution in [0.25, 0.3) is 11.6 Å². The molecule has 2 N–H and O–H groups in total. The van der Waals surface area contributed by atoms with Crippen LogP contribution in [0.5, 0.6) is 0 Å². The summed E-state index contributed by atoms with van der Waals surface area (Å²) in [6.45, 7) is 0. The highest BCUT2D eigenvalue weighted by Gasteiger charge is 2.51. The zero-order valence-electron chi connectivity index (χ0n) is 16.4. The summed E-state index contributed by atoms with van der Waals surface area (Å²) in [4.78, 5) is 24.8. The van der Waals surface area contributed by atoms with E-state index < -0.39 is 0 Å². The summed E-state index contributed by atoms with van der Waals surface area (Å²) in [5.41, 5.74) is -0.103. The first-order valence-corrected chi connectivity index (χ1v) is 11.2. The van der Waals surface area contributed by atoms with Crippen molar-refractivity contribution < 1.29 is 14.0 Å². The molecule has 0 saturated heterocycles. The van der Waals surface area contributed by atoms with Crippen LogP contribution in [-0.4, -0.2) is 38.0 Å². The van der Waals surface area contributed by atoms with Gasteiger partial charge >= 0.3 is 6.03 Å². The molecule has 9 heteroatoms. The predicted octanol–water partition coefficient (Wildman–Crippen LogP) is 2.96. The molecule has 4 aliphatic carbocycles. The minimum Gasteiger partial charge on any atom is -0.461 e. The van der Waals surface area contributed by atoms with E-state index in [1.807, 2.05) is 7.05 Å². The van der Waals surface area contributed by atoms with Gasteiger partial charge in [-0.3, -0.25) is 10.1 Å². The summed E-state index contributed by atoms with van der Waals surface area (Å²) in [6, 6.07) is 3.22. The van der Waals surface area contributed by atoms with E-state index in [0.717, 1.165) is 37.0 Å². The molecule has 4 fully saturated rings. The second kappa shape index (κ2) is 7.19. The third-order valence-electron chi connectivity index (χ3n) is 6.58. The monoisotopic (exact) mass is 415 g/mol. The second-order valence-corrected chi connectivity index (χ2v) is 9.77. The Labute approximate surface area is 173 Å². The van der Waals surface area contributed by atoms with E-state index in [0.29, 0.717) is 16.7 Å². The minimum absolute atomic E-state index is 0.0957. The summed E-state index contributed by atoms with van der Waals surface area (Å²) in [6.07, 6.45) is 8.70. The number of amides is 3. The van der Waals surface area contributed by atoms with E-state index in [9.17, 15) is 9.59 Å². The van der Waals surface area contributed by atoms with Gasteiger partial charge in [0.1, 0.15) is 0 Å². The average Bonchev–Trinajstić information content (AvgIpc) is 3.27. The van der Waals surface area contributed by atoms with Crippen molar-refractivity contribution in [2.24, 2.45) is 24.8 Å². The quantitative estimate of drug-likeness (QED) is 0.728. The van der Waals surface area contributed by atoms with Gasteiger partial charge in [-0.15, -0.1) is 10.2 Å². The third kappa shape index (κ3) is 3.68. The van der Waals surface area contributed by atoms with Gasteiger partial charge in [-0.05, 0) is 68.4 Å². The number of hydrogen-bond donors (Lipinski definition) is 2. The van der Waals surface area contributed by atoms with Crippen LogP contribution in [0.1, 0.15) is 38.5 Å². The molecule has 4 aliphatic rings. The topological polar surface area (TPSA) is 102 Å². The van der Waals surface area contributed by atoms with Crippen molar-refractivity contribution >= 4 is 23.7 Å². The lowest BCUT2D eigenvalue weighted by molar-refractivity contribution is -0.117. The van der Waals surface area contributed by atoms with E-state index in [1.54, 1.807) is 23.0 Å². The first kappa shape index (κ1) is 18.7. The number of nitrogens with one attached hydrogen (secondary N) is 2. The maximum absolute atomic E-state index is 12.5. The fraction of sp³-hybridized carbons (Fsp3) is 0.600. The summed E-state index contributed by atoms with van der Waals surface area (Å²) in [7, 11) is 1.82. The van der Waals surface area contributed by atoms with Gasteiger partial charge in [-0.25, -0.2) is 4.79 Å². The fourth-order valence-corrected chi connectivity index (χ4v) is 6.60. The second-order valence-electron chi connectivity index (χ2n) is 8.83. The van der Waals surface area contributed by atoms with Gasteiger partial charge in [0.25, 0.3) is 0 Å². The molecule has 2 heterocycles. The summed E-state index contributed by atoms with van der Waals surface area (Å²) in [5, 5.41) is 14.5. The number of thioether (sulfide) groups is 1. The normalized spacial score (nSPS) is 29.8. The van der Waals surface area contributed by atoms with Gasteiger partial charge in [0.05, 0.1) is 12.0 Å². The van der Waals surface area contributed by atoms with Crippen LogP contribution in [0.4, 0.5) is 4.79 Å². The number of hydrogen-bond acceptors (Lipinski definition) is 6. The Hall–Kier alpha value is -2.29. The van der Waals surface area contributed by atoms with Crippen LogP contribution >= 0.6 is 11.8 Å². The van der Waals surface area contributed by atoms with E-state index in [-0.39, 0.29) is 23.2 Å². The lowest BCUT2D eigenvalue weighted by Gasteiger charge is -2.56. The van der Waals surface area contributed by atoms with Crippen LogP contribution < -0.4 is 10.6 Å². The SMILES string of the molecule is Cn1c(SCC(=O)NC(=O)NC23CC4CC(CC(C4)C2)C3)nnc1-c1ccco1. The van der Waals surface area contributed by atoms with Crippen molar-refractivity contribution in [3.05, 3.63) is 18.4 Å². The molecule has 29 heavy (non-hydrogen) atoms. The number of imide groups is 1. The smallest absolute Gasteiger partial charge is 0.321 e. The van der Waals surface area contributed by atoms with Crippen LogP contribution in [0, 0.1) is 17.8 Å². The number of nitrogens with zero attached hydrogens (tertiary/aromatic N) is 3. The fourth-order valence-electron chi connectivity index (χ4n) is 5.89. The number of carbonyl (C=O) groups is 2. The van der Waals surface area contributed by atoms with Crippen molar-refractivity contribution in [3.8, 4) is 11.6 Å². The molecule has 0 unspecified atom stereocenters. The van der Waals surface area contributed by atoms with Crippen LogP contribution in [-0.2, 0) is 11.8 Å². The molecule has 3 amide bonds. The van der Waals surface area contributed by atoms with Gasteiger partial charge in [0, 0.05) is 12.6 Å². The Kier molecular flexibility index (Phi) is 4.64. The van der Waals surface area contributed by atoms with Gasteiger partial charge in [-0.1, -0.05) is 11.8 Å². The lowest BCUT2D eigenvalue weighted by atomic mass is 9.53. The molecule has 8 nitrogen and oxygen atoms in total. The number of carbonyl (C=O) groups excluding carboxylic acids is 2. The molecule has 154 valence electrons. The zero-order valence-corrected chi connectivity index (χ0v) is 17.2. The van der Waals surface area contributed by atoms with Gasteiger partial charge in [0.2, 0.25) is 5.91 Å². The molecular formula is C20H25N5O3S. The molecule has 0 radical (unpaired) electrons. The van der Waals surface area contributed by atoms with Gasteiger partial charge < -0.3 is 14.3 Å². The summed E-state index contributed by atoms with van der Waals surface area (Å²) >= 11 is 1.24. The number of urea groups is 1. The van der Waals surface area contributed by atoms with Crippen LogP contribution in [0.15, 0.2) is 28.0 Å². The standard InChI is InChI=1S/C20H25N5O3S/c1-25-17(15-3-2-4-28-15)23-24-19(25)29-11-16(26)21-18(27)22-20-8-12-5-13(9-20)7-14(6-12)10-20/h2-4,12-14H,5-11H2,1H3,(H2,21,22,26,27). The van der Waals surface area contributed by atoms with Gasteiger partial charge in [0.15, 0.2) is 16.7 Å². The largest absolute Gasteiger partial charge is 0.461 e. The number of aromatic nitrogens is 3. The Bertz CT molecular complexity index is 887. The Morgan fingerprint density at radius 2 is 1.90 bits per heavy atom. The Morgan fingerprint density at radius 3 is 2.52 bits per heavy atom. The molecule has 0 atom stereocenters. The van der Waals surface area contributed by atoms with Crippen LogP contribution in [0.3, 0.4) is 0 Å². The molecule has 2 aromatic rings.